The van der Waals surface area contributed by atoms with E-state index in [0.29, 0.717) is 11.0 Å². The molecular weight excluding hydrogens is 354 g/mol. The highest BCUT2D eigenvalue weighted by Crippen LogP contribution is 2.31. The summed E-state index contributed by atoms with van der Waals surface area (Å²) in [4.78, 5) is 1.94. The standard InChI is InChI=1S/C11H17BrClN3O2S/c1-7(6-16(2)3)15-19(17,18)10-5-8(13)4-9(14)11(10)12/h4-5,7,15H,6,14H2,1-3H3. The molecule has 1 aromatic rings. The Bertz CT molecular complexity index is 563. The molecule has 0 aliphatic carbocycles. The van der Waals surface area contributed by atoms with Crippen molar-refractivity contribution in [2.24, 2.45) is 0 Å². The smallest absolute Gasteiger partial charge is 0.242 e. The number of nitrogens with one attached hydrogen (secondary N) is 1. The molecule has 0 bridgehead atoms. The Kier molecular flexibility index (Phi) is 5.64. The number of sulfonamides is 1. The Balaban J connectivity index is 3.07. The molecule has 0 aliphatic rings. The maximum atomic E-state index is 12.3. The number of anilines is 1. The number of nitrogens with two attached hydrogens (primary N) is 1. The largest absolute Gasteiger partial charge is 0.398 e. The van der Waals surface area contributed by atoms with Gasteiger partial charge in [0.25, 0.3) is 0 Å². The second-order valence-electron chi connectivity index (χ2n) is 4.59. The minimum Gasteiger partial charge on any atom is -0.398 e. The number of likely N-dealkylation sites (N-methyl/N-ethyl adjacent to an activating group) is 1. The minimum absolute atomic E-state index is 0.0445. The van der Waals surface area contributed by atoms with Crippen LogP contribution < -0.4 is 10.5 Å². The van der Waals surface area contributed by atoms with Crippen LogP contribution in [0.4, 0.5) is 5.69 Å². The predicted octanol–water partition coefficient (Wildman–Crippen LogP) is 1.91. The normalized spacial score (nSPS) is 13.8. The molecule has 0 heterocycles. The van der Waals surface area contributed by atoms with Crippen molar-refractivity contribution in [3.8, 4) is 0 Å². The first-order valence-corrected chi connectivity index (χ1v) is 8.20. The third-order valence-corrected chi connectivity index (χ3v) is 5.30. The van der Waals surface area contributed by atoms with Gasteiger partial charge in [-0.3, -0.25) is 0 Å². The third-order valence-electron chi connectivity index (χ3n) is 2.32. The lowest BCUT2D eigenvalue weighted by atomic mass is 10.3. The van der Waals surface area contributed by atoms with E-state index >= 15 is 0 Å². The number of halogens is 2. The molecule has 8 heteroatoms. The molecule has 19 heavy (non-hydrogen) atoms. The molecule has 5 nitrogen and oxygen atoms in total. The van der Waals surface area contributed by atoms with Crippen LogP contribution in [0.25, 0.3) is 0 Å². The van der Waals surface area contributed by atoms with Gasteiger partial charge in [0.15, 0.2) is 0 Å². The lowest BCUT2D eigenvalue weighted by molar-refractivity contribution is 0.370. The van der Waals surface area contributed by atoms with Crippen LogP contribution in [0.1, 0.15) is 6.92 Å². The minimum atomic E-state index is -3.67. The molecule has 0 amide bonds. The van der Waals surface area contributed by atoms with Crippen molar-refractivity contribution in [2.75, 3.05) is 26.4 Å². The van der Waals surface area contributed by atoms with Crippen LogP contribution in [0.3, 0.4) is 0 Å². The monoisotopic (exact) mass is 369 g/mol. The van der Waals surface area contributed by atoms with Gasteiger partial charge < -0.3 is 10.6 Å². The van der Waals surface area contributed by atoms with Crippen LogP contribution in [0.5, 0.6) is 0 Å². The van der Waals surface area contributed by atoms with Crippen LogP contribution in [-0.4, -0.2) is 40.0 Å². The summed E-state index contributed by atoms with van der Waals surface area (Å²) in [5.74, 6) is 0. The van der Waals surface area contributed by atoms with Gasteiger partial charge in [0.1, 0.15) is 0 Å². The summed E-state index contributed by atoms with van der Waals surface area (Å²) in [5.41, 5.74) is 5.98. The zero-order valence-electron chi connectivity index (χ0n) is 10.9. The molecule has 108 valence electrons. The van der Waals surface area contributed by atoms with E-state index < -0.39 is 10.0 Å². The average molecular weight is 371 g/mol. The Morgan fingerprint density at radius 1 is 1.47 bits per heavy atom. The van der Waals surface area contributed by atoms with E-state index in [9.17, 15) is 8.42 Å². The molecule has 1 unspecified atom stereocenters. The Morgan fingerprint density at radius 2 is 2.05 bits per heavy atom. The van der Waals surface area contributed by atoms with E-state index in [2.05, 4.69) is 20.7 Å². The van der Waals surface area contributed by atoms with E-state index in [0.717, 1.165) is 0 Å². The summed E-state index contributed by atoms with van der Waals surface area (Å²) in [5, 5.41) is 0.279. The van der Waals surface area contributed by atoms with Crippen molar-refractivity contribution in [1.29, 1.82) is 0 Å². The number of rotatable bonds is 5. The molecule has 3 N–H and O–H groups in total. The van der Waals surface area contributed by atoms with Crippen LogP contribution in [0, 0.1) is 0 Å². The van der Waals surface area contributed by atoms with Gasteiger partial charge in [-0.2, -0.15) is 0 Å². The van der Waals surface area contributed by atoms with Gasteiger partial charge in [-0.15, -0.1) is 0 Å². The third kappa shape index (κ3) is 4.61. The molecule has 1 rings (SSSR count). The van der Waals surface area contributed by atoms with Crippen molar-refractivity contribution in [2.45, 2.75) is 17.9 Å². The van der Waals surface area contributed by atoms with Crippen molar-refractivity contribution in [1.82, 2.24) is 9.62 Å². The van der Waals surface area contributed by atoms with Gasteiger partial charge in [-0.1, -0.05) is 11.6 Å². The number of hydrogen-bond acceptors (Lipinski definition) is 4. The highest BCUT2D eigenvalue weighted by atomic mass is 79.9. The first kappa shape index (κ1) is 16.7. The van der Waals surface area contributed by atoms with Crippen molar-refractivity contribution in [3.63, 3.8) is 0 Å². The lowest BCUT2D eigenvalue weighted by Crippen LogP contribution is -2.39. The maximum Gasteiger partial charge on any atom is 0.242 e. The molecule has 1 aromatic carbocycles. The summed E-state index contributed by atoms with van der Waals surface area (Å²) in [6.45, 7) is 2.38. The molecule has 0 fully saturated rings. The van der Waals surface area contributed by atoms with Crippen LogP contribution in [0.15, 0.2) is 21.5 Å². The first-order chi connectivity index (χ1) is 8.63. The van der Waals surface area contributed by atoms with Gasteiger partial charge >= 0.3 is 0 Å². The fourth-order valence-electron chi connectivity index (χ4n) is 1.69. The van der Waals surface area contributed by atoms with E-state index in [-0.39, 0.29) is 21.6 Å². The Labute approximate surface area is 127 Å². The molecule has 0 aliphatic heterocycles. The van der Waals surface area contributed by atoms with E-state index in [1.165, 1.54) is 12.1 Å². The average Bonchev–Trinajstić information content (AvgIpc) is 2.20. The van der Waals surface area contributed by atoms with Gasteiger partial charge in [0.05, 0.1) is 9.37 Å². The topological polar surface area (TPSA) is 75.4 Å². The van der Waals surface area contributed by atoms with Crippen molar-refractivity contribution in [3.05, 3.63) is 21.6 Å². The van der Waals surface area contributed by atoms with Crippen LogP contribution in [0.2, 0.25) is 5.02 Å². The highest BCUT2D eigenvalue weighted by Gasteiger charge is 2.22. The van der Waals surface area contributed by atoms with Gasteiger partial charge in [-0.05, 0) is 49.1 Å². The highest BCUT2D eigenvalue weighted by molar-refractivity contribution is 9.10. The van der Waals surface area contributed by atoms with Crippen LogP contribution >= 0.6 is 27.5 Å². The van der Waals surface area contributed by atoms with Gasteiger partial charge in [0.2, 0.25) is 10.0 Å². The summed E-state index contributed by atoms with van der Waals surface area (Å²) >= 11 is 9.03. The summed E-state index contributed by atoms with van der Waals surface area (Å²) < 4.78 is 27.5. The maximum absolute atomic E-state index is 12.3. The quantitative estimate of drug-likeness (QED) is 0.776. The van der Waals surface area contributed by atoms with E-state index in [1.807, 2.05) is 19.0 Å². The Hall–Kier alpha value is -0.340. The molecule has 0 saturated carbocycles. The zero-order chi connectivity index (χ0) is 14.8. The fourth-order valence-corrected chi connectivity index (χ4v) is 4.22. The molecular formula is C11H17BrClN3O2S. The fraction of sp³-hybridized carbons (Fsp3) is 0.455. The summed E-state index contributed by atoms with van der Waals surface area (Å²) in [6.07, 6.45) is 0. The molecule has 0 radical (unpaired) electrons. The number of benzene rings is 1. The van der Waals surface area contributed by atoms with E-state index in [1.54, 1.807) is 6.92 Å². The SMILES string of the molecule is CC(CN(C)C)NS(=O)(=O)c1cc(Cl)cc(N)c1Br. The second-order valence-corrected chi connectivity index (χ2v) is 7.50. The van der Waals surface area contributed by atoms with E-state index in [4.69, 9.17) is 17.3 Å². The molecule has 0 spiro atoms. The summed E-state index contributed by atoms with van der Waals surface area (Å²) in [7, 11) is 0.0774. The molecule has 1 atom stereocenters. The first-order valence-electron chi connectivity index (χ1n) is 5.55. The van der Waals surface area contributed by atoms with Gasteiger partial charge in [0, 0.05) is 23.3 Å². The number of nitrogens with zero attached hydrogens (tertiary/aromatic N) is 1. The number of hydrogen-bond donors (Lipinski definition) is 2. The molecule has 0 saturated heterocycles. The predicted molar refractivity (Wildman–Crippen MR) is 81.9 cm³/mol. The molecule has 0 aromatic heterocycles. The number of nitrogen functional groups attached to an aromatic ring is 1. The summed E-state index contributed by atoms with van der Waals surface area (Å²) in [6, 6.07) is 2.63. The zero-order valence-corrected chi connectivity index (χ0v) is 14.1. The van der Waals surface area contributed by atoms with Crippen molar-refractivity contribution < 1.29 is 8.42 Å². The van der Waals surface area contributed by atoms with Gasteiger partial charge in [-0.25, -0.2) is 13.1 Å². The second kappa shape index (κ2) is 6.41. The van der Waals surface area contributed by atoms with Crippen molar-refractivity contribution >= 4 is 43.2 Å². The lowest BCUT2D eigenvalue weighted by Gasteiger charge is -2.19. The Morgan fingerprint density at radius 3 is 2.58 bits per heavy atom. The van der Waals surface area contributed by atoms with Crippen LogP contribution in [-0.2, 0) is 10.0 Å².